The van der Waals surface area contributed by atoms with E-state index in [9.17, 15) is 14.0 Å². The van der Waals surface area contributed by atoms with Crippen LogP contribution in [0.3, 0.4) is 0 Å². The van der Waals surface area contributed by atoms with Gasteiger partial charge >= 0.3 is 0 Å². The van der Waals surface area contributed by atoms with Gasteiger partial charge in [-0.15, -0.1) is 0 Å². The monoisotopic (exact) mass is 357 g/mol. The maximum absolute atomic E-state index is 12.8. The summed E-state index contributed by atoms with van der Waals surface area (Å²) in [5.41, 5.74) is 2.19. The second-order valence-electron chi connectivity index (χ2n) is 5.78. The van der Waals surface area contributed by atoms with Crippen molar-refractivity contribution in [1.82, 2.24) is 5.32 Å². The predicted molar refractivity (Wildman–Crippen MR) is 102 cm³/mol. The number of carbonyl (C=O) groups excluding carboxylic acids is 2. The van der Waals surface area contributed by atoms with Gasteiger partial charge in [0.1, 0.15) is 5.82 Å². The van der Waals surface area contributed by atoms with Crippen LogP contribution in [0, 0.1) is 5.82 Å². The first-order chi connectivity index (χ1) is 12.5. The number of halogens is 1. The molecule has 0 saturated carbocycles. The van der Waals surface area contributed by atoms with Crippen LogP contribution >= 0.6 is 0 Å². The summed E-state index contributed by atoms with van der Waals surface area (Å²) in [6, 6.07) is 12.9. The first kappa shape index (κ1) is 19.4. The quantitative estimate of drug-likeness (QED) is 0.761. The van der Waals surface area contributed by atoms with Crippen LogP contribution < -0.4 is 15.5 Å². The molecular weight excluding hydrogens is 333 g/mol. The van der Waals surface area contributed by atoms with Gasteiger partial charge in [-0.2, -0.15) is 0 Å². The number of rotatable bonds is 8. The maximum atomic E-state index is 12.8. The van der Waals surface area contributed by atoms with Crippen LogP contribution in [0.25, 0.3) is 0 Å². The van der Waals surface area contributed by atoms with E-state index in [1.165, 1.54) is 24.3 Å². The Kier molecular flexibility index (Phi) is 7.14. The molecule has 0 radical (unpaired) electrons. The zero-order valence-corrected chi connectivity index (χ0v) is 15.1. The highest BCUT2D eigenvalue weighted by Gasteiger charge is 2.08. The highest BCUT2D eigenvalue weighted by Crippen LogP contribution is 2.17. The molecule has 6 heteroatoms. The lowest BCUT2D eigenvalue weighted by Gasteiger charge is -2.21. The molecule has 0 aliphatic rings. The smallest absolute Gasteiger partial charge is 0.251 e. The molecule has 0 unspecified atom stereocenters. The fraction of sp³-hybridized carbons (Fsp3) is 0.300. The van der Waals surface area contributed by atoms with Crippen molar-refractivity contribution < 1.29 is 14.0 Å². The summed E-state index contributed by atoms with van der Waals surface area (Å²) in [7, 11) is 0. The summed E-state index contributed by atoms with van der Waals surface area (Å²) in [6.07, 6.45) is 0.157. The minimum atomic E-state index is -0.395. The summed E-state index contributed by atoms with van der Waals surface area (Å²) in [5, 5.41) is 5.45. The van der Waals surface area contributed by atoms with Crippen molar-refractivity contribution in [2.24, 2.45) is 0 Å². The van der Waals surface area contributed by atoms with Crippen LogP contribution in [-0.4, -0.2) is 31.4 Å². The van der Waals surface area contributed by atoms with Gasteiger partial charge in [-0.1, -0.05) is 0 Å². The summed E-state index contributed by atoms with van der Waals surface area (Å²) in [4.78, 5) is 26.1. The van der Waals surface area contributed by atoms with Crippen LogP contribution in [-0.2, 0) is 4.79 Å². The number of amides is 2. The lowest BCUT2D eigenvalue weighted by atomic mass is 10.2. The lowest BCUT2D eigenvalue weighted by molar-refractivity contribution is -0.116. The van der Waals surface area contributed by atoms with Crippen LogP contribution in [0.15, 0.2) is 48.5 Å². The molecule has 2 amide bonds. The molecule has 0 aromatic heterocycles. The van der Waals surface area contributed by atoms with Crippen molar-refractivity contribution in [3.8, 4) is 0 Å². The molecule has 0 atom stereocenters. The average molecular weight is 357 g/mol. The first-order valence-corrected chi connectivity index (χ1v) is 8.72. The number of nitrogens with one attached hydrogen (secondary N) is 2. The molecular formula is C20H24FN3O2. The Morgan fingerprint density at radius 3 is 2.15 bits per heavy atom. The van der Waals surface area contributed by atoms with Gasteiger partial charge in [0.15, 0.2) is 0 Å². The van der Waals surface area contributed by atoms with E-state index in [0.717, 1.165) is 24.5 Å². The molecule has 138 valence electrons. The minimum absolute atomic E-state index is 0.157. The van der Waals surface area contributed by atoms with Crippen molar-refractivity contribution in [3.05, 3.63) is 59.9 Å². The highest BCUT2D eigenvalue weighted by molar-refractivity contribution is 5.95. The third-order valence-corrected chi connectivity index (χ3v) is 4.02. The first-order valence-electron chi connectivity index (χ1n) is 8.72. The zero-order chi connectivity index (χ0) is 18.9. The van der Waals surface area contributed by atoms with Crippen molar-refractivity contribution in [2.75, 3.05) is 29.9 Å². The molecule has 0 aliphatic carbocycles. The van der Waals surface area contributed by atoms with Gasteiger partial charge in [0.05, 0.1) is 0 Å². The van der Waals surface area contributed by atoms with Gasteiger partial charge in [-0.05, 0) is 62.4 Å². The van der Waals surface area contributed by atoms with E-state index in [2.05, 4.69) is 29.4 Å². The number of hydrogen-bond acceptors (Lipinski definition) is 3. The summed E-state index contributed by atoms with van der Waals surface area (Å²) >= 11 is 0. The van der Waals surface area contributed by atoms with Gasteiger partial charge in [0.2, 0.25) is 5.91 Å². The zero-order valence-electron chi connectivity index (χ0n) is 15.1. The Morgan fingerprint density at radius 1 is 0.962 bits per heavy atom. The standard InChI is InChI=1S/C20H24FN3O2/c1-3-24(4-2)18-11-9-17(10-12-18)23-19(25)13-14-22-20(26)15-5-7-16(21)8-6-15/h5-12H,3-4,13-14H2,1-2H3,(H,22,26)(H,23,25). The second kappa shape index (κ2) is 9.56. The summed E-state index contributed by atoms with van der Waals surface area (Å²) in [5.74, 6) is -0.908. The Morgan fingerprint density at radius 2 is 1.58 bits per heavy atom. The lowest BCUT2D eigenvalue weighted by Crippen LogP contribution is -2.27. The molecule has 2 aromatic carbocycles. The number of nitrogens with zero attached hydrogens (tertiary/aromatic N) is 1. The van der Waals surface area contributed by atoms with Crippen molar-refractivity contribution in [1.29, 1.82) is 0 Å². The van der Waals surface area contributed by atoms with E-state index in [0.29, 0.717) is 5.56 Å². The highest BCUT2D eigenvalue weighted by atomic mass is 19.1. The predicted octanol–water partition coefficient (Wildman–Crippen LogP) is 3.43. The van der Waals surface area contributed by atoms with Gasteiger partial charge in [-0.25, -0.2) is 4.39 Å². The van der Waals surface area contributed by atoms with E-state index in [1.807, 2.05) is 24.3 Å². The van der Waals surface area contributed by atoms with Crippen LogP contribution in [0.2, 0.25) is 0 Å². The summed E-state index contributed by atoms with van der Waals surface area (Å²) < 4.78 is 12.8. The van der Waals surface area contributed by atoms with Gasteiger partial charge in [-0.3, -0.25) is 9.59 Å². The van der Waals surface area contributed by atoms with Crippen molar-refractivity contribution in [2.45, 2.75) is 20.3 Å². The molecule has 0 saturated heterocycles. The van der Waals surface area contributed by atoms with E-state index in [1.54, 1.807) is 0 Å². The van der Waals surface area contributed by atoms with Crippen LogP contribution in [0.5, 0.6) is 0 Å². The average Bonchev–Trinajstić information content (AvgIpc) is 2.64. The fourth-order valence-corrected chi connectivity index (χ4v) is 2.56. The maximum Gasteiger partial charge on any atom is 0.251 e. The van der Waals surface area contributed by atoms with E-state index >= 15 is 0 Å². The van der Waals surface area contributed by atoms with Gasteiger partial charge in [0, 0.05) is 43.0 Å². The van der Waals surface area contributed by atoms with E-state index in [-0.39, 0.29) is 24.8 Å². The largest absolute Gasteiger partial charge is 0.372 e. The van der Waals surface area contributed by atoms with Gasteiger partial charge in [0.25, 0.3) is 5.91 Å². The number of benzene rings is 2. The second-order valence-corrected chi connectivity index (χ2v) is 5.78. The third-order valence-electron chi connectivity index (χ3n) is 4.02. The number of anilines is 2. The minimum Gasteiger partial charge on any atom is -0.372 e. The molecule has 0 bridgehead atoms. The SMILES string of the molecule is CCN(CC)c1ccc(NC(=O)CCNC(=O)c2ccc(F)cc2)cc1. The molecule has 26 heavy (non-hydrogen) atoms. The third kappa shape index (κ3) is 5.58. The van der Waals surface area contributed by atoms with Crippen molar-refractivity contribution >= 4 is 23.2 Å². The Balaban J connectivity index is 1.78. The Bertz CT molecular complexity index is 726. The fourth-order valence-electron chi connectivity index (χ4n) is 2.56. The Labute approximate surface area is 153 Å². The molecule has 2 rings (SSSR count). The van der Waals surface area contributed by atoms with E-state index in [4.69, 9.17) is 0 Å². The summed E-state index contributed by atoms with van der Waals surface area (Å²) in [6.45, 7) is 6.25. The molecule has 0 heterocycles. The molecule has 0 fully saturated rings. The number of hydrogen-bond donors (Lipinski definition) is 2. The van der Waals surface area contributed by atoms with Crippen LogP contribution in [0.1, 0.15) is 30.6 Å². The Hall–Kier alpha value is -2.89. The topological polar surface area (TPSA) is 61.4 Å². The van der Waals surface area contributed by atoms with E-state index < -0.39 is 5.82 Å². The van der Waals surface area contributed by atoms with Crippen LogP contribution in [0.4, 0.5) is 15.8 Å². The molecule has 2 aromatic rings. The molecule has 0 spiro atoms. The number of carbonyl (C=O) groups is 2. The van der Waals surface area contributed by atoms with Gasteiger partial charge < -0.3 is 15.5 Å². The molecule has 0 aliphatic heterocycles. The molecule has 5 nitrogen and oxygen atoms in total. The molecule has 2 N–H and O–H groups in total. The normalized spacial score (nSPS) is 10.3. The van der Waals surface area contributed by atoms with Crippen molar-refractivity contribution in [3.63, 3.8) is 0 Å².